The van der Waals surface area contributed by atoms with Gasteiger partial charge in [0.1, 0.15) is 0 Å². The van der Waals surface area contributed by atoms with E-state index in [0.29, 0.717) is 11.6 Å². The third kappa shape index (κ3) is 3.77. The summed E-state index contributed by atoms with van der Waals surface area (Å²) in [5.41, 5.74) is 4.09. The molecule has 0 atom stereocenters. The molecule has 0 saturated heterocycles. The van der Waals surface area contributed by atoms with Gasteiger partial charge in [-0.2, -0.15) is 0 Å². The van der Waals surface area contributed by atoms with E-state index in [1.54, 1.807) is 20.4 Å². The van der Waals surface area contributed by atoms with Crippen LogP contribution in [0.3, 0.4) is 0 Å². The van der Waals surface area contributed by atoms with Crippen molar-refractivity contribution in [2.45, 2.75) is 44.7 Å². The fourth-order valence-electron chi connectivity index (χ4n) is 4.17. The molecular weight excluding hydrogens is 354 g/mol. The molecule has 6 heteroatoms. The lowest BCUT2D eigenvalue weighted by atomic mass is 9.98. The largest absolute Gasteiger partial charge is 0.493 e. The molecule has 2 aromatic rings. The second-order valence-corrected chi connectivity index (χ2v) is 7.53. The number of anilines is 1. The molecule has 1 saturated carbocycles. The maximum Gasteiger partial charge on any atom is 0.253 e. The predicted octanol–water partition coefficient (Wildman–Crippen LogP) is 3.33. The summed E-state index contributed by atoms with van der Waals surface area (Å²) < 4.78 is 10.9. The van der Waals surface area contributed by atoms with Crippen LogP contribution in [0.15, 0.2) is 30.6 Å². The minimum atomic E-state index is -0.0231. The van der Waals surface area contributed by atoms with Crippen LogP contribution in [0.4, 0.5) is 5.69 Å². The second kappa shape index (κ2) is 8.09. The van der Waals surface area contributed by atoms with E-state index in [0.717, 1.165) is 49.5 Å². The van der Waals surface area contributed by atoms with Crippen molar-refractivity contribution in [3.63, 3.8) is 0 Å². The average molecular weight is 381 g/mol. The summed E-state index contributed by atoms with van der Waals surface area (Å²) in [5.74, 6) is 1.48. The van der Waals surface area contributed by atoms with Gasteiger partial charge < -0.3 is 19.7 Å². The van der Waals surface area contributed by atoms with E-state index < -0.39 is 0 Å². The van der Waals surface area contributed by atoms with Crippen molar-refractivity contribution in [2.75, 3.05) is 25.7 Å². The molecule has 0 radical (unpaired) electrons. The van der Waals surface area contributed by atoms with Crippen molar-refractivity contribution in [3.05, 3.63) is 47.3 Å². The molecule has 1 fully saturated rings. The monoisotopic (exact) mass is 381 g/mol. The van der Waals surface area contributed by atoms with E-state index in [-0.39, 0.29) is 5.91 Å². The Labute approximate surface area is 165 Å². The van der Waals surface area contributed by atoms with Crippen LogP contribution in [0.2, 0.25) is 0 Å². The third-order valence-electron chi connectivity index (χ3n) is 5.76. The molecule has 1 aliphatic carbocycles. The van der Waals surface area contributed by atoms with Crippen LogP contribution in [0.25, 0.3) is 0 Å². The van der Waals surface area contributed by atoms with Crippen molar-refractivity contribution < 1.29 is 14.3 Å². The van der Waals surface area contributed by atoms with Crippen molar-refractivity contribution in [2.24, 2.45) is 0 Å². The van der Waals surface area contributed by atoms with Gasteiger partial charge in [-0.05, 0) is 48.6 Å². The number of aromatic nitrogens is 1. The lowest BCUT2D eigenvalue weighted by molar-refractivity contribution is 0.0937. The highest BCUT2D eigenvalue weighted by molar-refractivity contribution is 5.95. The molecule has 1 aliphatic heterocycles. The number of nitrogens with zero attached hydrogens (tertiary/aromatic N) is 2. The Balaban J connectivity index is 1.51. The lowest BCUT2D eigenvalue weighted by Gasteiger charge is -2.31. The quantitative estimate of drug-likeness (QED) is 0.861. The van der Waals surface area contributed by atoms with E-state index in [1.165, 1.54) is 24.0 Å². The van der Waals surface area contributed by atoms with E-state index in [1.807, 2.05) is 18.3 Å². The number of ether oxygens (including phenoxy) is 2. The summed E-state index contributed by atoms with van der Waals surface area (Å²) in [7, 11) is 3.31. The Morgan fingerprint density at radius 1 is 1.07 bits per heavy atom. The molecule has 0 unspecified atom stereocenters. The molecule has 1 aromatic carbocycles. The number of fused-ring (bicyclic) bond motifs is 1. The first-order valence-electron chi connectivity index (χ1n) is 9.92. The number of nitrogens with one attached hydrogen (secondary N) is 1. The van der Waals surface area contributed by atoms with Gasteiger partial charge in [-0.1, -0.05) is 12.8 Å². The SMILES string of the molecule is COc1cc2c(cc1OC)CN(c1cncc(C(=O)NC3CCCC3)c1)CC2. The number of hydrogen-bond donors (Lipinski definition) is 1. The Morgan fingerprint density at radius 2 is 1.79 bits per heavy atom. The van der Waals surface area contributed by atoms with Crippen LogP contribution in [0.5, 0.6) is 11.5 Å². The second-order valence-electron chi connectivity index (χ2n) is 7.53. The summed E-state index contributed by atoms with van der Waals surface area (Å²) in [5, 5.41) is 3.14. The molecule has 148 valence electrons. The summed E-state index contributed by atoms with van der Waals surface area (Å²) in [6.45, 7) is 1.63. The van der Waals surface area contributed by atoms with E-state index >= 15 is 0 Å². The van der Waals surface area contributed by atoms with Crippen molar-refractivity contribution in [3.8, 4) is 11.5 Å². The first-order valence-corrected chi connectivity index (χ1v) is 9.92. The Morgan fingerprint density at radius 3 is 2.50 bits per heavy atom. The zero-order valence-electron chi connectivity index (χ0n) is 16.5. The standard InChI is InChI=1S/C22H27N3O3/c1-27-20-10-15-7-8-25(14-17(15)11-21(20)28-2)19-9-16(12-23-13-19)22(26)24-18-5-3-4-6-18/h9-13,18H,3-8,14H2,1-2H3,(H,24,26). The number of hydrogen-bond acceptors (Lipinski definition) is 5. The zero-order chi connectivity index (χ0) is 19.5. The highest BCUT2D eigenvalue weighted by Gasteiger charge is 2.22. The highest BCUT2D eigenvalue weighted by atomic mass is 16.5. The summed E-state index contributed by atoms with van der Waals surface area (Å²) in [4.78, 5) is 19.2. The molecule has 4 rings (SSSR count). The van der Waals surface area contributed by atoms with Gasteiger partial charge in [0, 0.05) is 25.3 Å². The highest BCUT2D eigenvalue weighted by Crippen LogP contribution is 2.34. The average Bonchev–Trinajstić information content (AvgIpc) is 3.25. The van der Waals surface area contributed by atoms with E-state index in [2.05, 4.69) is 21.3 Å². The predicted molar refractivity (Wildman–Crippen MR) is 108 cm³/mol. The molecule has 1 aromatic heterocycles. The van der Waals surface area contributed by atoms with Gasteiger partial charge in [0.2, 0.25) is 0 Å². The number of carbonyl (C=O) groups is 1. The van der Waals surface area contributed by atoms with Gasteiger partial charge in [-0.15, -0.1) is 0 Å². The molecule has 0 spiro atoms. The first kappa shape index (κ1) is 18.6. The molecule has 2 heterocycles. The first-order chi connectivity index (χ1) is 13.7. The number of carbonyl (C=O) groups excluding carboxylic acids is 1. The maximum atomic E-state index is 12.6. The van der Waals surface area contributed by atoms with Gasteiger partial charge >= 0.3 is 0 Å². The third-order valence-corrected chi connectivity index (χ3v) is 5.76. The lowest BCUT2D eigenvalue weighted by Crippen LogP contribution is -2.33. The van der Waals surface area contributed by atoms with Gasteiger partial charge in [0.25, 0.3) is 5.91 Å². The van der Waals surface area contributed by atoms with Gasteiger partial charge in [-0.25, -0.2) is 0 Å². The molecule has 28 heavy (non-hydrogen) atoms. The fraction of sp³-hybridized carbons (Fsp3) is 0.455. The molecule has 2 aliphatic rings. The van der Waals surface area contributed by atoms with Crippen LogP contribution < -0.4 is 19.7 Å². The Hall–Kier alpha value is -2.76. The van der Waals surface area contributed by atoms with Crippen molar-refractivity contribution >= 4 is 11.6 Å². The normalized spacial score (nSPS) is 16.6. The van der Waals surface area contributed by atoms with Crippen molar-refractivity contribution in [1.29, 1.82) is 0 Å². The van der Waals surface area contributed by atoms with Gasteiger partial charge in [0.15, 0.2) is 11.5 Å². The number of rotatable bonds is 5. The topological polar surface area (TPSA) is 63.7 Å². The summed E-state index contributed by atoms with van der Waals surface area (Å²) in [6, 6.07) is 6.36. The molecule has 0 bridgehead atoms. The van der Waals surface area contributed by atoms with Crippen LogP contribution in [-0.2, 0) is 13.0 Å². The number of methoxy groups -OCH3 is 2. The molecule has 1 amide bonds. The van der Waals surface area contributed by atoms with Gasteiger partial charge in [-0.3, -0.25) is 9.78 Å². The number of pyridine rings is 1. The van der Waals surface area contributed by atoms with Gasteiger partial charge in [0.05, 0.1) is 31.7 Å². The van der Waals surface area contributed by atoms with Crippen LogP contribution >= 0.6 is 0 Å². The van der Waals surface area contributed by atoms with E-state index in [4.69, 9.17) is 9.47 Å². The van der Waals surface area contributed by atoms with Crippen LogP contribution in [0, 0.1) is 0 Å². The zero-order valence-corrected chi connectivity index (χ0v) is 16.5. The molecule has 6 nitrogen and oxygen atoms in total. The number of benzene rings is 1. The maximum absolute atomic E-state index is 12.6. The van der Waals surface area contributed by atoms with Crippen LogP contribution in [0.1, 0.15) is 47.2 Å². The Kier molecular flexibility index (Phi) is 5.37. The summed E-state index contributed by atoms with van der Waals surface area (Å²) >= 11 is 0. The number of amides is 1. The molecular formula is C22H27N3O3. The minimum Gasteiger partial charge on any atom is -0.493 e. The summed E-state index contributed by atoms with van der Waals surface area (Å²) in [6.07, 6.45) is 8.95. The Bertz CT molecular complexity index is 862. The molecule has 1 N–H and O–H groups in total. The van der Waals surface area contributed by atoms with Crippen LogP contribution in [-0.4, -0.2) is 37.7 Å². The van der Waals surface area contributed by atoms with Crippen molar-refractivity contribution in [1.82, 2.24) is 10.3 Å². The van der Waals surface area contributed by atoms with E-state index in [9.17, 15) is 4.79 Å². The fourth-order valence-corrected chi connectivity index (χ4v) is 4.17. The smallest absolute Gasteiger partial charge is 0.253 e. The minimum absolute atomic E-state index is 0.0231.